The number of carbonyl (C=O) groups is 2. The van der Waals surface area contributed by atoms with E-state index in [4.69, 9.17) is 4.74 Å². The van der Waals surface area contributed by atoms with Crippen molar-refractivity contribution in [3.63, 3.8) is 0 Å². The maximum absolute atomic E-state index is 12.5. The first-order valence-corrected chi connectivity index (χ1v) is 32.6. The number of aliphatic hydroxyl groups excluding tert-OH is 2. The van der Waals surface area contributed by atoms with E-state index in [0.717, 1.165) is 57.8 Å². The number of hydrogen-bond acceptors (Lipinski definition) is 5. The van der Waals surface area contributed by atoms with Gasteiger partial charge in [-0.2, -0.15) is 0 Å². The summed E-state index contributed by atoms with van der Waals surface area (Å²) in [6, 6.07) is -0.631. The van der Waals surface area contributed by atoms with E-state index in [1.54, 1.807) is 6.08 Å². The lowest BCUT2D eigenvalue weighted by Crippen LogP contribution is -2.45. The monoisotopic (exact) mass is 1040 g/mol. The number of allylic oxidation sites excluding steroid dienone is 9. The second-order valence-corrected chi connectivity index (χ2v) is 22.1. The predicted molar refractivity (Wildman–Crippen MR) is 324 cm³/mol. The maximum atomic E-state index is 12.5. The fraction of sp³-hybridized carbons (Fsp3) is 0.824. The Bertz CT molecular complexity index is 1290. The van der Waals surface area contributed by atoms with Crippen LogP contribution in [0.25, 0.3) is 0 Å². The van der Waals surface area contributed by atoms with Gasteiger partial charge in [0.15, 0.2) is 0 Å². The molecule has 2 unspecified atom stereocenters. The summed E-state index contributed by atoms with van der Waals surface area (Å²) < 4.78 is 5.49. The molecule has 6 heteroatoms. The third-order valence-electron chi connectivity index (χ3n) is 14.8. The molecule has 432 valence electrons. The molecule has 0 saturated heterocycles. The molecule has 6 nitrogen and oxygen atoms in total. The Labute approximate surface area is 460 Å². The second kappa shape index (κ2) is 63.1. The van der Waals surface area contributed by atoms with Crippen LogP contribution in [0.2, 0.25) is 0 Å². The zero-order chi connectivity index (χ0) is 53.6. The van der Waals surface area contributed by atoms with Crippen LogP contribution in [-0.4, -0.2) is 47.4 Å². The highest BCUT2D eigenvalue weighted by Gasteiger charge is 2.18. The summed E-state index contributed by atoms with van der Waals surface area (Å²) in [7, 11) is 0. The minimum atomic E-state index is -0.847. The van der Waals surface area contributed by atoms with Gasteiger partial charge < -0.3 is 20.3 Å². The molecule has 0 fully saturated rings. The number of rotatable bonds is 60. The first-order chi connectivity index (χ1) is 36.5. The van der Waals surface area contributed by atoms with Gasteiger partial charge in [0.05, 0.1) is 25.4 Å². The van der Waals surface area contributed by atoms with E-state index < -0.39 is 12.1 Å². The quantitative estimate of drug-likeness (QED) is 0.0320. The number of hydrogen-bond donors (Lipinski definition) is 3. The lowest BCUT2D eigenvalue weighted by Gasteiger charge is -2.20. The molecule has 0 radical (unpaired) electrons. The van der Waals surface area contributed by atoms with Gasteiger partial charge in [-0.25, -0.2) is 0 Å². The molecular formula is C68H125NO5. The molecule has 0 aromatic carbocycles. The van der Waals surface area contributed by atoms with Crippen molar-refractivity contribution in [3.8, 4) is 0 Å². The Hall–Kier alpha value is -2.44. The summed E-state index contributed by atoms with van der Waals surface area (Å²) >= 11 is 0. The average molecular weight is 1040 g/mol. The molecule has 0 aliphatic heterocycles. The van der Waals surface area contributed by atoms with E-state index in [-0.39, 0.29) is 18.5 Å². The summed E-state index contributed by atoms with van der Waals surface area (Å²) in [5.41, 5.74) is 0. The lowest BCUT2D eigenvalue weighted by atomic mass is 10.0. The summed E-state index contributed by atoms with van der Waals surface area (Å²) in [4.78, 5) is 24.5. The van der Waals surface area contributed by atoms with Crippen LogP contribution in [0.5, 0.6) is 0 Å². The maximum Gasteiger partial charge on any atom is 0.305 e. The van der Waals surface area contributed by atoms with Crippen molar-refractivity contribution in [1.82, 2.24) is 5.32 Å². The Morgan fingerprint density at radius 3 is 1.05 bits per heavy atom. The summed E-state index contributed by atoms with van der Waals surface area (Å²) in [5, 5.41) is 23.1. The van der Waals surface area contributed by atoms with E-state index in [9.17, 15) is 19.8 Å². The normalized spacial score (nSPS) is 13.0. The van der Waals surface area contributed by atoms with Crippen LogP contribution in [0.15, 0.2) is 60.8 Å². The summed E-state index contributed by atoms with van der Waals surface area (Å²) in [6.45, 7) is 4.87. The molecule has 2 atom stereocenters. The van der Waals surface area contributed by atoms with Crippen LogP contribution in [0, 0.1) is 0 Å². The third kappa shape index (κ3) is 58.8. The molecule has 0 heterocycles. The van der Waals surface area contributed by atoms with Gasteiger partial charge in [0, 0.05) is 12.8 Å². The molecule has 0 bridgehead atoms. The van der Waals surface area contributed by atoms with Gasteiger partial charge in [-0.3, -0.25) is 9.59 Å². The predicted octanol–water partition coefficient (Wildman–Crippen LogP) is 20.7. The fourth-order valence-corrected chi connectivity index (χ4v) is 9.75. The van der Waals surface area contributed by atoms with Crippen LogP contribution in [0.3, 0.4) is 0 Å². The van der Waals surface area contributed by atoms with Crippen molar-refractivity contribution in [2.75, 3.05) is 13.2 Å². The Balaban J connectivity index is 3.43. The number of nitrogens with one attached hydrogen (secondary N) is 1. The number of esters is 1. The summed E-state index contributed by atoms with van der Waals surface area (Å²) in [6.07, 6.45) is 82.7. The fourth-order valence-electron chi connectivity index (χ4n) is 9.75. The standard InChI is InChI=1S/C68H125NO5/c1-3-5-7-9-11-13-15-17-18-30-34-38-42-46-50-54-58-62-68(73)74-63-59-55-51-47-43-39-35-32-29-27-25-23-21-19-20-22-24-26-28-31-33-37-41-45-49-53-57-61-67(72)69-65(64-70)66(71)60-56-52-48-44-40-36-16-14-12-10-8-6-4-2/h11,13,17-20,23,25,56,60,65-66,70-71H,3-10,12,14-16,21-22,24,26-55,57-59,61-64H2,1-2H3,(H,69,72)/b13-11-,18-17-,20-19-,25-23-,60-56+. The van der Waals surface area contributed by atoms with E-state index in [1.165, 1.54) is 250 Å². The van der Waals surface area contributed by atoms with Crippen molar-refractivity contribution >= 4 is 11.9 Å². The van der Waals surface area contributed by atoms with E-state index in [0.29, 0.717) is 19.4 Å². The molecular weight excluding hydrogens is 911 g/mol. The topological polar surface area (TPSA) is 95.9 Å². The first kappa shape index (κ1) is 71.6. The molecule has 0 aromatic rings. The van der Waals surface area contributed by atoms with Gasteiger partial charge in [0.2, 0.25) is 5.91 Å². The number of ether oxygens (including phenoxy) is 1. The minimum Gasteiger partial charge on any atom is -0.466 e. The largest absolute Gasteiger partial charge is 0.466 e. The van der Waals surface area contributed by atoms with Crippen LogP contribution < -0.4 is 5.32 Å². The highest BCUT2D eigenvalue weighted by Crippen LogP contribution is 2.16. The Morgan fingerprint density at radius 1 is 0.378 bits per heavy atom. The molecule has 0 saturated carbocycles. The molecule has 3 N–H and O–H groups in total. The number of unbranched alkanes of at least 4 members (excludes halogenated alkanes) is 41. The molecule has 0 aliphatic rings. The van der Waals surface area contributed by atoms with Crippen molar-refractivity contribution in [3.05, 3.63) is 60.8 Å². The Morgan fingerprint density at radius 2 is 0.676 bits per heavy atom. The van der Waals surface area contributed by atoms with Crippen LogP contribution in [0.4, 0.5) is 0 Å². The van der Waals surface area contributed by atoms with Gasteiger partial charge in [-0.1, -0.05) is 286 Å². The number of carbonyl (C=O) groups excluding carboxylic acids is 2. The van der Waals surface area contributed by atoms with Gasteiger partial charge >= 0.3 is 5.97 Å². The van der Waals surface area contributed by atoms with E-state index in [2.05, 4.69) is 67.8 Å². The lowest BCUT2D eigenvalue weighted by molar-refractivity contribution is -0.143. The van der Waals surface area contributed by atoms with Crippen molar-refractivity contribution in [2.24, 2.45) is 0 Å². The van der Waals surface area contributed by atoms with Crippen LogP contribution in [0.1, 0.15) is 335 Å². The second-order valence-electron chi connectivity index (χ2n) is 22.1. The van der Waals surface area contributed by atoms with Gasteiger partial charge in [-0.05, 0) is 96.3 Å². The highest BCUT2D eigenvalue weighted by molar-refractivity contribution is 5.76. The van der Waals surface area contributed by atoms with Gasteiger partial charge in [-0.15, -0.1) is 0 Å². The van der Waals surface area contributed by atoms with Crippen LogP contribution >= 0.6 is 0 Å². The van der Waals surface area contributed by atoms with Gasteiger partial charge in [0.25, 0.3) is 0 Å². The van der Waals surface area contributed by atoms with E-state index in [1.807, 2.05) is 6.08 Å². The molecule has 0 spiro atoms. The SMILES string of the molecule is CCCCC/C=C\C/C=C\CCCCCCCCCC(=O)OCCCCCCCCCCC/C=C\C/C=C\CCCCCCCCCCCCCC(=O)NC(CO)C(O)/C=C/CCCCCCCCCCCCC. The smallest absolute Gasteiger partial charge is 0.305 e. The van der Waals surface area contributed by atoms with Crippen molar-refractivity contribution < 1.29 is 24.5 Å². The minimum absolute atomic E-state index is 0.00201. The zero-order valence-corrected chi connectivity index (χ0v) is 49.3. The van der Waals surface area contributed by atoms with Crippen molar-refractivity contribution in [2.45, 2.75) is 347 Å². The molecule has 0 aliphatic carbocycles. The third-order valence-corrected chi connectivity index (χ3v) is 14.8. The molecule has 0 aromatic heterocycles. The molecule has 74 heavy (non-hydrogen) atoms. The first-order valence-electron chi connectivity index (χ1n) is 32.6. The zero-order valence-electron chi connectivity index (χ0n) is 49.3. The van der Waals surface area contributed by atoms with E-state index >= 15 is 0 Å². The highest BCUT2D eigenvalue weighted by atomic mass is 16.5. The molecule has 1 amide bonds. The summed E-state index contributed by atoms with van der Waals surface area (Å²) in [5.74, 6) is -0.0695. The van der Waals surface area contributed by atoms with Crippen LogP contribution in [-0.2, 0) is 14.3 Å². The average Bonchev–Trinajstić information content (AvgIpc) is 3.40. The molecule has 0 rings (SSSR count). The van der Waals surface area contributed by atoms with Gasteiger partial charge in [0.1, 0.15) is 0 Å². The number of aliphatic hydroxyl groups is 2. The number of amides is 1. The Kier molecular flexibility index (Phi) is 61.0. The van der Waals surface area contributed by atoms with Crippen molar-refractivity contribution in [1.29, 1.82) is 0 Å².